The van der Waals surface area contributed by atoms with Crippen molar-refractivity contribution in [3.05, 3.63) is 54.9 Å². The standard InChI is InChI=1S/C18H16N6O/c19-15-10-13(8-9-20-15)14-11-24(16-6-7-17(25)22-21-16)23-18(14)12-4-2-1-3-5-12/h1-5,8-11H,6-7H2,(H2,19,20)(H,22,25). The zero-order valence-electron chi connectivity index (χ0n) is 13.4. The molecule has 4 rings (SSSR count). The lowest BCUT2D eigenvalue weighted by molar-refractivity contribution is -0.121. The molecule has 2 aromatic heterocycles. The molecule has 0 radical (unpaired) electrons. The summed E-state index contributed by atoms with van der Waals surface area (Å²) in [5, 5.41) is 8.83. The summed E-state index contributed by atoms with van der Waals surface area (Å²) >= 11 is 0. The van der Waals surface area contributed by atoms with Gasteiger partial charge in [-0.3, -0.25) is 4.79 Å². The predicted molar refractivity (Wildman–Crippen MR) is 95.5 cm³/mol. The van der Waals surface area contributed by atoms with Gasteiger partial charge in [-0.2, -0.15) is 10.2 Å². The molecule has 124 valence electrons. The average molecular weight is 332 g/mol. The van der Waals surface area contributed by atoms with Crippen LogP contribution in [0.1, 0.15) is 12.8 Å². The monoisotopic (exact) mass is 332 g/mol. The average Bonchev–Trinajstić information content (AvgIpc) is 3.08. The molecule has 0 unspecified atom stereocenters. The third-order valence-electron chi connectivity index (χ3n) is 4.00. The van der Waals surface area contributed by atoms with E-state index in [1.165, 1.54) is 0 Å². The lowest BCUT2D eigenvalue weighted by atomic mass is 10.0. The minimum Gasteiger partial charge on any atom is -0.384 e. The summed E-state index contributed by atoms with van der Waals surface area (Å²) in [6.07, 6.45) is 4.53. The first-order valence-corrected chi connectivity index (χ1v) is 7.93. The minimum atomic E-state index is -0.0821. The maximum absolute atomic E-state index is 11.3. The topological polar surface area (TPSA) is 98.2 Å². The molecule has 0 saturated carbocycles. The smallest absolute Gasteiger partial charge is 0.240 e. The van der Waals surface area contributed by atoms with Gasteiger partial charge < -0.3 is 5.73 Å². The van der Waals surface area contributed by atoms with Crippen molar-refractivity contribution >= 4 is 17.6 Å². The van der Waals surface area contributed by atoms with Gasteiger partial charge in [-0.15, -0.1) is 0 Å². The van der Waals surface area contributed by atoms with Gasteiger partial charge in [0.05, 0.1) is 0 Å². The summed E-state index contributed by atoms with van der Waals surface area (Å²) in [5.41, 5.74) is 12.0. The maximum Gasteiger partial charge on any atom is 0.240 e. The van der Waals surface area contributed by atoms with Gasteiger partial charge in [-0.1, -0.05) is 30.3 Å². The van der Waals surface area contributed by atoms with E-state index < -0.39 is 0 Å². The lowest BCUT2D eigenvalue weighted by Crippen LogP contribution is -2.29. The highest BCUT2D eigenvalue weighted by atomic mass is 16.2. The molecule has 0 atom stereocenters. The molecule has 7 heteroatoms. The fourth-order valence-corrected chi connectivity index (χ4v) is 2.77. The highest BCUT2D eigenvalue weighted by molar-refractivity contribution is 5.93. The summed E-state index contributed by atoms with van der Waals surface area (Å²) in [5.74, 6) is 1.07. The van der Waals surface area contributed by atoms with Crippen molar-refractivity contribution in [3.63, 3.8) is 0 Å². The number of pyridine rings is 1. The van der Waals surface area contributed by atoms with E-state index in [-0.39, 0.29) is 5.91 Å². The van der Waals surface area contributed by atoms with Gasteiger partial charge in [0.25, 0.3) is 0 Å². The normalized spacial score (nSPS) is 14.1. The van der Waals surface area contributed by atoms with E-state index in [4.69, 9.17) is 10.8 Å². The number of carbonyl (C=O) groups is 1. The summed E-state index contributed by atoms with van der Waals surface area (Å²) < 4.78 is 1.72. The highest BCUT2D eigenvalue weighted by Gasteiger charge is 2.18. The van der Waals surface area contributed by atoms with Gasteiger partial charge in [0.2, 0.25) is 5.91 Å². The van der Waals surface area contributed by atoms with Crippen LogP contribution < -0.4 is 11.2 Å². The molecule has 1 aliphatic heterocycles. The Morgan fingerprint density at radius 3 is 2.64 bits per heavy atom. The van der Waals surface area contributed by atoms with Crippen molar-refractivity contribution < 1.29 is 4.79 Å². The van der Waals surface area contributed by atoms with Crippen molar-refractivity contribution in [2.24, 2.45) is 5.10 Å². The van der Waals surface area contributed by atoms with Crippen LogP contribution in [0.3, 0.4) is 0 Å². The highest BCUT2D eigenvalue weighted by Crippen LogP contribution is 2.31. The van der Waals surface area contributed by atoms with Crippen LogP contribution in [0.2, 0.25) is 0 Å². The lowest BCUT2D eigenvalue weighted by Gasteiger charge is -2.11. The Balaban J connectivity index is 1.85. The molecule has 1 amide bonds. The number of nitrogen functional groups attached to an aromatic ring is 1. The van der Waals surface area contributed by atoms with Gasteiger partial charge in [0.15, 0.2) is 5.84 Å². The molecule has 0 bridgehead atoms. The molecule has 0 aliphatic carbocycles. The van der Waals surface area contributed by atoms with Gasteiger partial charge in [0.1, 0.15) is 11.5 Å². The number of nitrogens with two attached hydrogens (primary N) is 1. The molecule has 3 N–H and O–H groups in total. The van der Waals surface area contributed by atoms with Gasteiger partial charge in [0, 0.05) is 36.4 Å². The number of hydrogen-bond donors (Lipinski definition) is 2. The fraction of sp³-hybridized carbons (Fsp3) is 0.111. The zero-order chi connectivity index (χ0) is 17.2. The number of nitrogens with one attached hydrogen (secondary N) is 1. The van der Waals surface area contributed by atoms with Gasteiger partial charge >= 0.3 is 0 Å². The number of amides is 1. The number of benzene rings is 1. The van der Waals surface area contributed by atoms with Crippen molar-refractivity contribution in [3.8, 4) is 22.4 Å². The van der Waals surface area contributed by atoms with E-state index >= 15 is 0 Å². The number of hydrogen-bond acceptors (Lipinski definition) is 5. The molecule has 3 heterocycles. The number of rotatable bonds is 2. The van der Waals surface area contributed by atoms with Crippen molar-refractivity contribution in [1.82, 2.24) is 20.2 Å². The van der Waals surface area contributed by atoms with Crippen LogP contribution in [0.25, 0.3) is 22.4 Å². The van der Waals surface area contributed by atoms with Crippen molar-refractivity contribution in [2.75, 3.05) is 5.73 Å². The zero-order valence-corrected chi connectivity index (χ0v) is 13.4. The number of aromatic nitrogens is 3. The van der Waals surface area contributed by atoms with Crippen LogP contribution in [-0.4, -0.2) is 26.5 Å². The molecule has 0 spiro atoms. The van der Waals surface area contributed by atoms with Gasteiger partial charge in [-0.05, 0) is 17.7 Å². The third-order valence-corrected chi connectivity index (χ3v) is 4.00. The predicted octanol–water partition coefficient (Wildman–Crippen LogP) is 2.27. The first-order valence-electron chi connectivity index (χ1n) is 7.93. The van der Waals surface area contributed by atoms with Gasteiger partial charge in [-0.25, -0.2) is 15.1 Å². The molecular formula is C18H16N6O. The van der Waals surface area contributed by atoms with Crippen molar-refractivity contribution in [2.45, 2.75) is 12.8 Å². The molecule has 3 aromatic rings. The van der Waals surface area contributed by atoms with E-state index in [9.17, 15) is 4.79 Å². The third kappa shape index (κ3) is 2.99. The Bertz CT molecular complexity index is 961. The number of anilines is 1. The second-order valence-corrected chi connectivity index (χ2v) is 5.73. The Hall–Kier alpha value is -3.48. The van der Waals surface area contributed by atoms with Crippen LogP contribution in [0.15, 0.2) is 60.0 Å². The van der Waals surface area contributed by atoms with E-state index in [2.05, 4.69) is 15.5 Å². The molecule has 0 fully saturated rings. The summed E-state index contributed by atoms with van der Waals surface area (Å²) in [6, 6.07) is 13.6. The van der Waals surface area contributed by atoms with E-state index in [0.717, 1.165) is 22.4 Å². The van der Waals surface area contributed by atoms with E-state index in [0.29, 0.717) is 24.5 Å². The molecule has 0 saturated heterocycles. The van der Waals surface area contributed by atoms with Crippen LogP contribution in [0.5, 0.6) is 0 Å². The maximum atomic E-state index is 11.3. The van der Waals surface area contributed by atoms with Crippen LogP contribution in [0, 0.1) is 0 Å². The largest absolute Gasteiger partial charge is 0.384 e. The number of hydrazone groups is 1. The Labute approximate surface area is 144 Å². The van der Waals surface area contributed by atoms with E-state index in [1.807, 2.05) is 48.7 Å². The first kappa shape index (κ1) is 15.1. The summed E-state index contributed by atoms with van der Waals surface area (Å²) in [7, 11) is 0. The van der Waals surface area contributed by atoms with Crippen LogP contribution >= 0.6 is 0 Å². The minimum absolute atomic E-state index is 0.0821. The first-order chi connectivity index (χ1) is 12.2. The van der Waals surface area contributed by atoms with Crippen molar-refractivity contribution in [1.29, 1.82) is 0 Å². The number of carbonyl (C=O) groups excluding carboxylic acids is 1. The molecule has 1 aliphatic rings. The fourth-order valence-electron chi connectivity index (χ4n) is 2.77. The quantitative estimate of drug-likeness (QED) is 0.752. The van der Waals surface area contributed by atoms with E-state index in [1.54, 1.807) is 10.9 Å². The molecule has 7 nitrogen and oxygen atoms in total. The summed E-state index contributed by atoms with van der Waals surface area (Å²) in [4.78, 5) is 15.4. The Morgan fingerprint density at radius 1 is 1.08 bits per heavy atom. The molecule has 25 heavy (non-hydrogen) atoms. The van der Waals surface area contributed by atoms with Crippen LogP contribution in [0.4, 0.5) is 5.82 Å². The van der Waals surface area contributed by atoms with Crippen LogP contribution in [-0.2, 0) is 4.79 Å². The summed E-state index contributed by atoms with van der Waals surface area (Å²) in [6.45, 7) is 0. The Kier molecular flexibility index (Phi) is 3.74. The molecular weight excluding hydrogens is 316 g/mol. The second kappa shape index (κ2) is 6.20. The SMILES string of the molecule is Nc1cc(-c2cn(C3=NNC(=O)CC3)nc2-c2ccccc2)ccn1. The Morgan fingerprint density at radius 2 is 1.92 bits per heavy atom. The second-order valence-electron chi connectivity index (χ2n) is 5.73. The number of nitrogens with zero attached hydrogens (tertiary/aromatic N) is 4. The molecule has 1 aromatic carbocycles.